The van der Waals surface area contributed by atoms with E-state index in [0.29, 0.717) is 23.8 Å². The van der Waals surface area contributed by atoms with Gasteiger partial charge in [0.15, 0.2) is 0 Å². The lowest BCUT2D eigenvalue weighted by Crippen LogP contribution is -2.29. The van der Waals surface area contributed by atoms with E-state index in [1.54, 1.807) is 30.6 Å². The molecule has 0 amide bonds. The number of anilines is 1. The molecule has 0 saturated heterocycles. The number of carboxylic acid groups (broad SMARTS) is 1. The second-order valence-electron chi connectivity index (χ2n) is 7.74. The molecule has 3 aromatic rings. The molecular weight excluding hydrogens is 418 g/mol. The summed E-state index contributed by atoms with van der Waals surface area (Å²) >= 11 is 0. The summed E-state index contributed by atoms with van der Waals surface area (Å²) in [5, 5.41) is 6.89. The zero-order chi connectivity index (χ0) is 22.0. The van der Waals surface area contributed by atoms with Gasteiger partial charge in [-0.2, -0.15) is 0 Å². The van der Waals surface area contributed by atoms with Crippen LogP contribution in [0, 0.1) is 0 Å². The molecule has 0 unspecified atom stereocenters. The van der Waals surface area contributed by atoms with Crippen molar-refractivity contribution in [3.05, 3.63) is 48.3 Å². The van der Waals surface area contributed by atoms with Crippen LogP contribution in [0.4, 0.5) is 5.69 Å². The molecule has 0 atom stereocenters. The molecule has 1 aliphatic carbocycles. The number of likely N-dealkylation sites (N-methyl/N-ethyl adjacent to an activating group) is 1. The molecule has 1 N–H and O–H groups in total. The Hall–Kier alpha value is -3.07. The molecule has 31 heavy (non-hydrogen) atoms. The maximum Gasteiger partial charge on any atom is 0.290 e. The van der Waals surface area contributed by atoms with Crippen molar-refractivity contribution in [3.8, 4) is 5.75 Å². The van der Waals surface area contributed by atoms with Crippen LogP contribution in [-0.2, 0) is 14.8 Å². The monoisotopic (exact) mass is 443 g/mol. The summed E-state index contributed by atoms with van der Waals surface area (Å²) < 4.78 is 34.1. The van der Waals surface area contributed by atoms with Crippen molar-refractivity contribution in [1.82, 2.24) is 8.96 Å². The molecule has 164 valence electrons. The molecule has 1 fully saturated rings. The van der Waals surface area contributed by atoms with E-state index >= 15 is 0 Å². The van der Waals surface area contributed by atoms with E-state index in [1.165, 1.54) is 16.8 Å². The Kier molecular flexibility index (Phi) is 5.86. The quantitative estimate of drug-likeness (QED) is 0.619. The van der Waals surface area contributed by atoms with E-state index in [2.05, 4.69) is 9.88 Å². The molecule has 0 bridgehead atoms. The summed E-state index contributed by atoms with van der Waals surface area (Å²) in [5.74, 6) is 0.995. The van der Waals surface area contributed by atoms with Gasteiger partial charge in [0.2, 0.25) is 0 Å². The number of nitrogens with zero attached hydrogens (tertiary/aromatic N) is 3. The van der Waals surface area contributed by atoms with Crippen molar-refractivity contribution in [2.45, 2.75) is 36.5 Å². The second-order valence-corrected chi connectivity index (χ2v) is 9.56. The Morgan fingerprint density at radius 1 is 1.23 bits per heavy atom. The van der Waals surface area contributed by atoms with Gasteiger partial charge in [-0.1, -0.05) is 12.8 Å². The predicted molar refractivity (Wildman–Crippen MR) is 117 cm³/mol. The number of benzene rings is 1. The fourth-order valence-electron chi connectivity index (χ4n) is 4.40. The molecule has 1 aliphatic heterocycles. The summed E-state index contributed by atoms with van der Waals surface area (Å²) in [4.78, 5) is 15.2. The SMILES string of the molecule is CN1CCOc2cc(S(=O)(=O)n3cc(C4CCCC4)c4ncccc43)ccc21.O=CO. The molecule has 1 saturated carbocycles. The van der Waals surface area contributed by atoms with Crippen LogP contribution >= 0.6 is 0 Å². The highest BCUT2D eigenvalue weighted by Crippen LogP contribution is 2.39. The van der Waals surface area contributed by atoms with Gasteiger partial charge in [-0.15, -0.1) is 0 Å². The normalized spacial score (nSPS) is 16.4. The van der Waals surface area contributed by atoms with Crippen molar-refractivity contribution in [1.29, 1.82) is 0 Å². The van der Waals surface area contributed by atoms with Crippen molar-refractivity contribution in [2.24, 2.45) is 0 Å². The van der Waals surface area contributed by atoms with Gasteiger partial charge in [-0.05, 0) is 43.0 Å². The largest absolute Gasteiger partial charge is 0.490 e. The Morgan fingerprint density at radius 2 is 1.97 bits per heavy atom. The predicted octanol–water partition coefficient (Wildman–Crippen LogP) is 3.46. The topological polar surface area (TPSA) is 102 Å². The van der Waals surface area contributed by atoms with Gasteiger partial charge < -0.3 is 14.7 Å². The van der Waals surface area contributed by atoms with Gasteiger partial charge in [0.1, 0.15) is 12.4 Å². The number of hydrogen-bond donors (Lipinski definition) is 1. The van der Waals surface area contributed by atoms with Gasteiger partial charge in [0.05, 0.1) is 28.2 Å². The Labute approximate surface area is 181 Å². The van der Waals surface area contributed by atoms with Crippen LogP contribution < -0.4 is 9.64 Å². The molecule has 1 aromatic carbocycles. The zero-order valence-corrected chi connectivity index (χ0v) is 18.1. The van der Waals surface area contributed by atoms with Crippen LogP contribution in [-0.4, -0.2) is 49.2 Å². The highest BCUT2D eigenvalue weighted by Gasteiger charge is 2.28. The lowest BCUT2D eigenvalue weighted by Gasteiger charge is -2.27. The van der Waals surface area contributed by atoms with Gasteiger partial charge in [0.25, 0.3) is 16.5 Å². The lowest BCUT2D eigenvalue weighted by atomic mass is 10.00. The number of carbonyl (C=O) groups is 1. The molecule has 2 aromatic heterocycles. The molecule has 3 heterocycles. The summed E-state index contributed by atoms with van der Waals surface area (Å²) in [5.41, 5.74) is 3.40. The first-order valence-electron chi connectivity index (χ1n) is 10.2. The van der Waals surface area contributed by atoms with E-state index in [9.17, 15) is 8.42 Å². The number of hydrogen-bond acceptors (Lipinski definition) is 6. The van der Waals surface area contributed by atoms with E-state index in [0.717, 1.165) is 36.2 Å². The maximum atomic E-state index is 13.5. The third-order valence-electron chi connectivity index (χ3n) is 5.93. The molecule has 9 heteroatoms. The van der Waals surface area contributed by atoms with Gasteiger partial charge in [0, 0.05) is 31.1 Å². The number of ether oxygens (including phenoxy) is 1. The van der Waals surface area contributed by atoms with Crippen molar-refractivity contribution in [3.63, 3.8) is 0 Å². The second kappa shape index (κ2) is 8.58. The molecule has 8 nitrogen and oxygen atoms in total. The van der Waals surface area contributed by atoms with E-state index in [-0.39, 0.29) is 11.4 Å². The zero-order valence-electron chi connectivity index (χ0n) is 17.3. The van der Waals surface area contributed by atoms with Crippen LogP contribution in [0.1, 0.15) is 37.2 Å². The maximum absolute atomic E-state index is 13.5. The minimum Gasteiger partial charge on any atom is -0.490 e. The van der Waals surface area contributed by atoms with Crippen molar-refractivity contribution in [2.75, 3.05) is 25.1 Å². The third kappa shape index (κ3) is 3.85. The number of aromatic nitrogens is 2. The molecule has 0 spiro atoms. The Bertz CT molecular complexity index is 1200. The lowest BCUT2D eigenvalue weighted by molar-refractivity contribution is -0.122. The Balaban J connectivity index is 0.000000730. The minimum absolute atomic E-state index is 0.236. The smallest absolute Gasteiger partial charge is 0.290 e. The first-order chi connectivity index (χ1) is 15.0. The van der Waals surface area contributed by atoms with E-state index in [4.69, 9.17) is 14.6 Å². The average molecular weight is 444 g/mol. The fourth-order valence-corrected chi connectivity index (χ4v) is 5.78. The number of rotatable bonds is 3. The minimum atomic E-state index is -3.75. The number of pyridine rings is 1. The van der Waals surface area contributed by atoms with Crippen LogP contribution in [0.25, 0.3) is 11.0 Å². The number of fused-ring (bicyclic) bond motifs is 2. The van der Waals surface area contributed by atoms with Crippen molar-refractivity contribution < 1.29 is 23.1 Å². The standard InChI is InChI=1S/C21H23N3O3S.CH2O2/c1-23-11-12-27-20-13-16(8-9-18(20)23)28(25,26)24-14-17(15-5-2-3-6-15)21-19(24)7-4-10-22-21;2-1-3/h4,7-10,13-15H,2-3,5-6,11-12H2,1H3;1H,(H,2,3). The average Bonchev–Trinajstić information content (AvgIpc) is 3.42. The van der Waals surface area contributed by atoms with Gasteiger partial charge in [-0.25, -0.2) is 12.4 Å². The highest BCUT2D eigenvalue weighted by atomic mass is 32.2. The summed E-state index contributed by atoms with van der Waals surface area (Å²) in [6.07, 6.45) is 8.08. The summed E-state index contributed by atoms with van der Waals surface area (Å²) in [6.45, 7) is 1.09. The van der Waals surface area contributed by atoms with E-state index < -0.39 is 10.0 Å². The first-order valence-corrected chi connectivity index (χ1v) is 11.7. The van der Waals surface area contributed by atoms with Crippen LogP contribution in [0.5, 0.6) is 5.75 Å². The van der Waals surface area contributed by atoms with Crippen LogP contribution in [0.15, 0.2) is 47.6 Å². The van der Waals surface area contributed by atoms with Crippen LogP contribution in [0.3, 0.4) is 0 Å². The van der Waals surface area contributed by atoms with Gasteiger partial charge >= 0.3 is 0 Å². The molecule has 0 radical (unpaired) electrons. The third-order valence-corrected chi connectivity index (χ3v) is 7.60. The van der Waals surface area contributed by atoms with Gasteiger partial charge in [-0.3, -0.25) is 9.78 Å². The fraction of sp³-hybridized carbons (Fsp3) is 0.364. The molecule has 2 aliphatic rings. The summed E-state index contributed by atoms with van der Waals surface area (Å²) in [7, 11) is -1.77. The Morgan fingerprint density at radius 3 is 2.71 bits per heavy atom. The summed E-state index contributed by atoms with van der Waals surface area (Å²) in [6, 6.07) is 8.75. The van der Waals surface area contributed by atoms with Crippen LogP contribution in [0.2, 0.25) is 0 Å². The van der Waals surface area contributed by atoms with Crippen molar-refractivity contribution >= 4 is 33.2 Å². The van der Waals surface area contributed by atoms with E-state index in [1.807, 2.05) is 19.2 Å². The molecule has 5 rings (SSSR count). The highest BCUT2D eigenvalue weighted by molar-refractivity contribution is 7.90. The first kappa shape index (κ1) is 21.2. The molecular formula is C22H25N3O5S.